The van der Waals surface area contributed by atoms with E-state index >= 15 is 0 Å². The molecule has 1 spiro atoms. The van der Waals surface area contributed by atoms with Gasteiger partial charge in [0.1, 0.15) is 0 Å². The fraction of sp³-hybridized carbons (Fsp3) is 0.185. The Labute approximate surface area is 210 Å². The van der Waals surface area contributed by atoms with E-state index in [9.17, 15) is 19.2 Å². The first kappa shape index (κ1) is 22.2. The van der Waals surface area contributed by atoms with Crippen molar-refractivity contribution >= 4 is 52.3 Å². The van der Waals surface area contributed by atoms with Gasteiger partial charge in [0.2, 0.25) is 29.0 Å². The van der Waals surface area contributed by atoms with Crippen LogP contribution in [-0.2, 0) is 14.3 Å². The number of Topliss-reactive ketones (excluding diaryl/α,β-unsaturated/α-hetero) is 2. The maximum atomic E-state index is 13.9. The van der Waals surface area contributed by atoms with Crippen LogP contribution in [0.1, 0.15) is 37.9 Å². The number of imide groups is 1. The number of hydrogen-bond acceptors (Lipinski definition) is 5. The molecule has 2 heterocycles. The number of nitrogens with zero attached hydrogens (tertiary/aromatic N) is 1. The summed E-state index contributed by atoms with van der Waals surface area (Å²) < 4.78 is 6.26. The second kappa shape index (κ2) is 7.59. The summed E-state index contributed by atoms with van der Waals surface area (Å²) in [6.45, 7) is 1.91. The number of aryl methyl sites for hydroxylation is 1. The molecule has 2 fully saturated rings. The van der Waals surface area contributed by atoms with Crippen LogP contribution in [0, 0.1) is 18.8 Å². The summed E-state index contributed by atoms with van der Waals surface area (Å²) in [5.74, 6) is -4.96. The molecule has 3 aliphatic rings. The molecule has 2 saturated heterocycles. The zero-order chi connectivity index (χ0) is 24.6. The lowest BCUT2D eigenvalue weighted by atomic mass is 9.77. The van der Waals surface area contributed by atoms with Gasteiger partial charge < -0.3 is 4.74 Å². The van der Waals surface area contributed by atoms with Crippen LogP contribution in [0.15, 0.2) is 66.7 Å². The van der Waals surface area contributed by atoms with Gasteiger partial charge >= 0.3 is 0 Å². The molecule has 0 N–H and O–H groups in total. The quantitative estimate of drug-likeness (QED) is 0.361. The lowest BCUT2D eigenvalue weighted by Gasteiger charge is -2.27. The molecular weight excluding hydrogens is 489 g/mol. The summed E-state index contributed by atoms with van der Waals surface area (Å²) in [4.78, 5) is 56.2. The van der Waals surface area contributed by atoms with E-state index in [1.807, 2.05) is 19.1 Å². The van der Waals surface area contributed by atoms with Crippen LogP contribution in [0.25, 0.3) is 0 Å². The number of carbonyl (C=O) groups is 4. The fourth-order valence-corrected chi connectivity index (χ4v) is 5.86. The molecule has 0 bridgehead atoms. The molecule has 174 valence electrons. The van der Waals surface area contributed by atoms with Gasteiger partial charge in [-0.3, -0.25) is 19.2 Å². The van der Waals surface area contributed by atoms with Crippen molar-refractivity contribution in [2.24, 2.45) is 11.8 Å². The summed E-state index contributed by atoms with van der Waals surface area (Å²) in [7, 11) is 0. The van der Waals surface area contributed by atoms with E-state index in [2.05, 4.69) is 0 Å². The van der Waals surface area contributed by atoms with Crippen molar-refractivity contribution in [3.05, 3.63) is 99.0 Å². The van der Waals surface area contributed by atoms with Gasteiger partial charge in [-0.1, -0.05) is 83.4 Å². The molecule has 6 rings (SSSR count). The highest BCUT2D eigenvalue weighted by Gasteiger charge is 2.74. The predicted molar refractivity (Wildman–Crippen MR) is 129 cm³/mol. The van der Waals surface area contributed by atoms with Gasteiger partial charge in [0.25, 0.3) is 0 Å². The number of ether oxygens (including phenoxy) is 1. The maximum Gasteiger partial charge on any atom is 0.241 e. The van der Waals surface area contributed by atoms with E-state index in [1.54, 1.807) is 36.4 Å². The van der Waals surface area contributed by atoms with E-state index in [0.29, 0.717) is 5.56 Å². The van der Waals surface area contributed by atoms with Gasteiger partial charge in [0.15, 0.2) is 0 Å². The van der Waals surface area contributed by atoms with E-state index in [4.69, 9.17) is 27.9 Å². The summed E-state index contributed by atoms with van der Waals surface area (Å²) >= 11 is 12.5. The lowest BCUT2D eigenvalue weighted by molar-refractivity contribution is -0.127. The summed E-state index contributed by atoms with van der Waals surface area (Å²) in [6.07, 6.45) is -0.984. The third-order valence-electron chi connectivity index (χ3n) is 7.10. The highest BCUT2D eigenvalue weighted by molar-refractivity contribution is 6.45. The molecular formula is C27H17Cl2NO5. The SMILES string of the molecule is Cc1ccc([C@@H]2OC3(C(=O)c4ccccc4C3=O)[C@H]3C(=O)N(c4cccc(Cl)c4Cl)C(=O)[C@H]23)cc1. The Bertz CT molecular complexity index is 1430. The monoisotopic (exact) mass is 505 g/mol. The number of ketones is 2. The Morgan fingerprint density at radius 1 is 0.800 bits per heavy atom. The molecule has 0 saturated carbocycles. The highest BCUT2D eigenvalue weighted by atomic mass is 35.5. The van der Waals surface area contributed by atoms with Crippen LogP contribution in [0.5, 0.6) is 0 Å². The van der Waals surface area contributed by atoms with Gasteiger partial charge in [-0.05, 0) is 24.6 Å². The number of rotatable bonds is 2. The first-order valence-electron chi connectivity index (χ1n) is 11.0. The Balaban J connectivity index is 1.56. The van der Waals surface area contributed by atoms with Gasteiger partial charge in [0, 0.05) is 11.1 Å². The second-order valence-electron chi connectivity index (χ2n) is 8.98. The molecule has 0 aromatic heterocycles. The molecule has 0 radical (unpaired) electrons. The molecule has 2 aliphatic heterocycles. The summed E-state index contributed by atoms with van der Waals surface area (Å²) in [6, 6.07) is 18.2. The van der Waals surface area contributed by atoms with Crippen molar-refractivity contribution in [3.8, 4) is 0 Å². The number of amides is 2. The van der Waals surface area contributed by atoms with Crippen molar-refractivity contribution in [2.45, 2.75) is 18.6 Å². The molecule has 3 aromatic rings. The smallest absolute Gasteiger partial charge is 0.241 e. The zero-order valence-corrected chi connectivity index (χ0v) is 19.8. The summed E-state index contributed by atoms with van der Waals surface area (Å²) in [5, 5.41) is 0.202. The minimum absolute atomic E-state index is 0.0325. The lowest BCUT2D eigenvalue weighted by Crippen LogP contribution is -2.51. The molecule has 35 heavy (non-hydrogen) atoms. The van der Waals surface area contributed by atoms with Crippen LogP contribution in [0.4, 0.5) is 5.69 Å². The van der Waals surface area contributed by atoms with Crippen molar-refractivity contribution in [3.63, 3.8) is 0 Å². The fourth-order valence-electron chi connectivity index (χ4n) is 5.48. The molecule has 3 aromatic carbocycles. The number of anilines is 1. The Morgan fingerprint density at radius 3 is 2.06 bits per heavy atom. The second-order valence-corrected chi connectivity index (χ2v) is 9.76. The third-order valence-corrected chi connectivity index (χ3v) is 7.91. The zero-order valence-electron chi connectivity index (χ0n) is 18.3. The maximum absolute atomic E-state index is 13.9. The normalized spacial score (nSPS) is 24.4. The summed E-state index contributed by atoms with van der Waals surface area (Å²) in [5.41, 5.74) is -0.0765. The number of carbonyl (C=O) groups excluding carboxylic acids is 4. The predicted octanol–water partition coefficient (Wildman–Crippen LogP) is 5.00. The molecule has 2 amide bonds. The van der Waals surface area contributed by atoms with Gasteiger partial charge in [-0.15, -0.1) is 0 Å². The average Bonchev–Trinajstić information content (AvgIpc) is 3.42. The van der Waals surface area contributed by atoms with Crippen molar-refractivity contribution in [2.75, 3.05) is 4.90 Å². The molecule has 8 heteroatoms. The number of fused-ring (bicyclic) bond motifs is 3. The van der Waals surface area contributed by atoms with E-state index in [1.165, 1.54) is 18.2 Å². The van der Waals surface area contributed by atoms with Crippen LogP contribution in [-0.4, -0.2) is 29.0 Å². The van der Waals surface area contributed by atoms with E-state index < -0.39 is 46.9 Å². The average molecular weight is 506 g/mol. The van der Waals surface area contributed by atoms with Crippen molar-refractivity contribution in [1.82, 2.24) is 0 Å². The Morgan fingerprint density at radius 2 is 1.43 bits per heavy atom. The van der Waals surface area contributed by atoms with Gasteiger partial charge in [-0.2, -0.15) is 0 Å². The van der Waals surface area contributed by atoms with Crippen LogP contribution in [0.2, 0.25) is 10.0 Å². The minimum Gasteiger partial charge on any atom is -0.349 e. The van der Waals surface area contributed by atoms with Gasteiger partial charge in [-0.25, -0.2) is 4.90 Å². The molecule has 6 nitrogen and oxygen atoms in total. The molecule has 1 aliphatic carbocycles. The number of benzene rings is 3. The van der Waals surface area contributed by atoms with Crippen LogP contribution in [0.3, 0.4) is 0 Å². The first-order valence-corrected chi connectivity index (χ1v) is 11.8. The van der Waals surface area contributed by atoms with E-state index in [-0.39, 0.29) is 26.9 Å². The third kappa shape index (κ3) is 2.82. The van der Waals surface area contributed by atoms with Crippen molar-refractivity contribution < 1.29 is 23.9 Å². The van der Waals surface area contributed by atoms with Gasteiger partial charge in [0.05, 0.1) is 33.7 Å². The Kier molecular flexibility index (Phi) is 4.81. The standard InChI is InChI=1S/C27H17Cl2NO5/c1-13-9-11-14(12-10-13)22-19-20(26(34)30(25(19)33)18-8-4-7-17(28)21(18)29)27(35-22)23(31)15-5-2-3-6-16(15)24(27)32/h2-12,19-20,22H,1H3/t19-,20+,22-/m0/s1. The van der Waals surface area contributed by atoms with E-state index in [0.717, 1.165) is 10.5 Å². The van der Waals surface area contributed by atoms with Crippen molar-refractivity contribution in [1.29, 1.82) is 0 Å². The topological polar surface area (TPSA) is 80.8 Å². The Hall–Kier alpha value is -3.32. The number of hydrogen-bond donors (Lipinski definition) is 0. The first-order chi connectivity index (χ1) is 16.8. The number of halogens is 2. The van der Waals surface area contributed by atoms with Crippen LogP contribution >= 0.6 is 23.2 Å². The van der Waals surface area contributed by atoms with Crippen LogP contribution < -0.4 is 4.90 Å². The minimum atomic E-state index is -2.13. The highest BCUT2D eigenvalue weighted by Crippen LogP contribution is 2.58. The largest absolute Gasteiger partial charge is 0.349 e. The molecule has 3 atom stereocenters. The molecule has 0 unspecified atom stereocenters.